The van der Waals surface area contributed by atoms with E-state index in [-0.39, 0.29) is 72.3 Å². The van der Waals surface area contributed by atoms with Crippen molar-refractivity contribution in [3.05, 3.63) is 63.0 Å². The Balaban J connectivity index is 0.00000702. The largest absolute Gasteiger partial charge is 0.545 e. The Bertz CT molecular complexity index is 1780. The first-order chi connectivity index (χ1) is 23.5. The molecule has 1 aromatic carbocycles. The van der Waals surface area contributed by atoms with Gasteiger partial charge in [-0.05, 0) is 129 Å². The van der Waals surface area contributed by atoms with Crippen molar-refractivity contribution in [2.24, 2.45) is 22.7 Å². The standard InChI is InChI=1S/C37H46N4O8S.Zn/c1-17-12-18(2)32(19(3)13-17)49-37(48)29-22(6)31(23(7)30-20(4)21(5)33(40-30)38-24(8)42)41-34(29)39-28(43)10-9-11-50-27-15-25(35(44)45)14-26(16-27)36(46)47;/h14-19,32H,9-13H2,1-8H3,(H5,38,39,40,41,42,43,44,45,46,47,48);/p-2. The Hall–Kier alpha value is -4.03. The molecule has 2 atom stereocenters. The zero-order valence-corrected chi connectivity index (χ0v) is 34.2. The molecule has 0 radical (unpaired) electrons. The van der Waals surface area contributed by atoms with E-state index in [2.05, 4.69) is 36.4 Å². The van der Waals surface area contributed by atoms with Crippen molar-refractivity contribution in [1.82, 2.24) is 10.3 Å². The summed E-state index contributed by atoms with van der Waals surface area (Å²) in [4.78, 5) is 71.5. The number of amides is 2. The average molecular weight is 770 g/mol. The van der Waals surface area contributed by atoms with Gasteiger partial charge < -0.3 is 35.4 Å². The molecule has 1 fully saturated rings. The Kier molecular flexibility index (Phi) is 14.2. The van der Waals surface area contributed by atoms with Crippen LogP contribution < -0.4 is 20.7 Å². The molecule has 270 valence electrons. The summed E-state index contributed by atoms with van der Waals surface area (Å²) < 4.78 is 6.15. The van der Waals surface area contributed by atoms with Crippen LogP contribution in [-0.2, 0) is 38.6 Å². The van der Waals surface area contributed by atoms with Crippen LogP contribution in [0.15, 0.2) is 44.9 Å². The van der Waals surface area contributed by atoms with Crippen LogP contribution in [0.25, 0.3) is 5.57 Å². The van der Waals surface area contributed by atoms with Gasteiger partial charge in [0.1, 0.15) is 23.4 Å². The van der Waals surface area contributed by atoms with Crippen LogP contribution in [0.2, 0.25) is 0 Å². The van der Waals surface area contributed by atoms with E-state index in [4.69, 9.17) is 9.73 Å². The van der Waals surface area contributed by atoms with Gasteiger partial charge in [0, 0.05) is 30.8 Å². The van der Waals surface area contributed by atoms with Gasteiger partial charge in [0.15, 0.2) is 0 Å². The number of nitrogens with one attached hydrogen (secondary N) is 2. The van der Waals surface area contributed by atoms with Crippen molar-refractivity contribution in [3.63, 3.8) is 0 Å². The van der Waals surface area contributed by atoms with Crippen molar-refractivity contribution in [1.29, 1.82) is 0 Å². The molecule has 2 aliphatic rings. The molecule has 2 aromatic rings. The number of carboxylic acid groups (broad SMARTS) is 2. The number of ether oxygens (including phenoxy) is 1. The Morgan fingerprint density at radius 2 is 1.61 bits per heavy atom. The summed E-state index contributed by atoms with van der Waals surface area (Å²) in [7, 11) is 0. The van der Waals surface area contributed by atoms with Gasteiger partial charge >= 0.3 is 11.9 Å². The Morgan fingerprint density at radius 1 is 0.980 bits per heavy atom. The number of allylic oxidation sites excluding steroid dienone is 2. The third-order valence-electron chi connectivity index (χ3n) is 9.27. The molecular weight excluding hydrogens is 726 g/mol. The van der Waals surface area contributed by atoms with Crippen molar-refractivity contribution in [2.75, 3.05) is 11.1 Å². The van der Waals surface area contributed by atoms with Crippen LogP contribution in [0.4, 0.5) is 5.82 Å². The predicted molar refractivity (Wildman–Crippen MR) is 189 cm³/mol. The minimum absolute atomic E-state index is 0. The third-order valence-corrected chi connectivity index (χ3v) is 10.3. The monoisotopic (exact) mass is 768 g/mol. The quantitative estimate of drug-likeness (QED) is 0.121. The average Bonchev–Trinajstić information content (AvgIpc) is 3.50. The molecule has 0 spiro atoms. The molecule has 0 saturated heterocycles. The number of aliphatic imine (C=N–C) groups is 1. The van der Waals surface area contributed by atoms with Gasteiger partial charge in [0.2, 0.25) is 5.91 Å². The van der Waals surface area contributed by atoms with Gasteiger partial charge in [0.25, 0.3) is 0 Å². The van der Waals surface area contributed by atoms with Crippen molar-refractivity contribution in [2.45, 2.75) is 92.1 Å². The number of rotatable bonds is 11. The number of amidine groups is 1. The number of nitrogens with zero attached hydrogens (tertiary/aromatic N) is 2. The molecule has 0 bridgehead atoms. The zero-order chi connectivity index (χ0) is 37.0. The van der Waals surface area contributed by atoms with Crippen LogP contribution in [-0.4, -0.2) is 52.5 Å². The minimum atomic E-state index is -1.48. The third kappa shape index (κ3) is 9.86. The SMILES string of the molecule is CC(=O)Nc1[n-]c(/C(C)=C2\N=C(NC(=O)CCCSc3cc(C(=O)[O-])cc(C(=O)O)c3)C(C(=O)OC3C(C)CC(C)CC3C)=C2C)c(C)c1C.[Zn]. The predicted octanol–water partition coefficient (Wildman–Crippen LogP) is 5.04. The number of anilines is 1. The second-order valence-corrected chi connectivity index (χ2v) is 14.6. The van der Waals surface area contributed by atoms with Crippen molar-refractivity contribution in [3.8, 4) is 0 Å². The molecular formula is C37H44N4O8SZn-2. The number of carbonyl (C=O) groups excluding carboxylic acids is 4. The van der Waals surface area contributed by atoms with Gasteiger partial charge in [-0.2, -0.15) is 0 Å². The van der Waals surface area contributed by atoms with E-state index < -0.39 is 23.8 Å². The maximum Gasteiger partial charge on any atom is 0.342 e. The topological polar surface area (TPSA) is 188 Å². The van der Waals surface area contributed by atoms with Crippen LogP contribution in [0.1, 0.15) is 105 Å². The maximum atomic E-state index is 13.9. The zero-order valence-electron chi connectivity index (χ0n) is 30.4. The summed E-state index contributed by atoms with van der Waals surface area (Å²) in [5.41, 5.74) is 3.69. The molecule has 1 aliphatic carbocycles. The number of carbonyl (C=O) groups is 5. The minimum Gasteiger partial charge on any atom is -0.545 e. The number of carboxylic acids is 2. The fourth-order valence-electron chi connectivity index (χ4n) is 6.80. The van der Waals surface area contributed by atoms with Crippen LogP contribution in [0.3, 0.4) is 0 Å². The Labute approximate surface area is 315 Å². The maximum absolute atomic E-state index is 13.9. The summed E-state index contributed by atoms with van der Waals surface area (Å²) in [6.07, 6.45) is 2.00. The fraction of sp³-hybridized carbons (Fsp3) is 0.459. The summed E-state index contributed by atoms with van der Waals surface area (Å²) >= 11 is 1.22. The molecule has 51 heavy (non-hydrogen) atoms. The van der Waals surface area contributed by atoms with E-state index in [0.29, 0.717) is 51.3 Å². The second kappa shape index (κ2) is 17.5. The molecule has 1 aliphatic heterocycles. The smallest absolute Gasteiger partial charge is 0.342 e. The normalized spacial score (nSPS) is 21.0. The fourth-order valence-corrected chi connectivity index (χ4v) is 7.75. The molecule has 14 heteroatoms. The van der Waals surface area contributed by atoms with E-state index in [9.17, 15) is 34.2 Å². The van der Waals surface area contributed by atoms with E-state index in [1.807, 2.05) is 20.8 Å². The Morgan fingerprint density at radius 3 is 2.20 bits per heavy atom. The molecule has 1 saturated carbocycles. The molecule has 2 amide bonds. The summed E-state index contributed by atoms with van der Waals surface area (Å²) in [5, 5.41) is 26.2. The summed E-state index contributed by atoms with van der Waals surface area (Å²) in [5.74, 6) is -2.19. The van der Waals surface area contributed by atoms with Gasteiger partial charge in [-0.1, -0.05) is 26.6 Å². The number of thioether (sulfide) groups is 1. The molecule has 4 rings (SSSR count). The van der Waals surface area contributed by atoms with Crippen molar-refractivity contribution < 1.29 is 58.4 Å². The first-order valence-electron chi connectivity index (χ1n) is 16.6. The molecule has 3 N–H and O–H groups in total. The second-order valence-electron chi connectivity index (χ2n) is 13.4. The van der Waals surface area contributed by atoms with E-state index >= 15 is 0 Å². The van der Waals surface area contributed by atoms with Gasteiger partial charge in [-0.15, -0.1) is 11.8 Å². The molecule has 2 heterocycles. The van der Waals surface area contributed by atoms with E-state index in [0.717, 1.165) is 30.0 Å². The van der Waals surface area contributed by atoms with Gasteiger partial charge in [-0.3, -0.25) is 9.59 Å². The van der Waals surface area contributed by atoms with Gasteiger partial charge in [0.05, 0.1) is 17.2 Å². The van der Waals surface area contributed by atoms with Crippen LogP contribution >= 0.6 is 11.8 Å². The number of benzene rings is 1. The number of hydrogen-bond donors (Lipinski definition) is 3. The van der Waals surface area contributed by atoms with E-state index in [1.165, 1.54) is 30.8 Å². The number of esters is 1. The number of aromatic carboxylic acids is 2. The van der Waals surface area contributed by atoms with E-state index in [1.54, 1.807) is 6.92 Å². The first-order valence-corrected chi connectivity index (χ1v) is 17.6. The molecule has 2 unspecified atom stereocenters. The molecule has 12 nitrogen and oxygen atoms in total. The van der Waals surface area contributed by atoms with Crippen LogP contribution in [0.5, 0.6) is 0 Å². The molecule has 1 aromatic heterocycles. The van der Waals surface area contributed by atoms with Crippen LogP contribution in [0, 0.1) is 31.6 Å². The summed E-state index contributed by atoms with van der Waals surface area (Å²) in [6, 6.07) is 3.74. The summed E-state index contributed by atoms with van der Waals surface area (Å²) in [6.45, 7) is 15.1. The van der Waals surface area contributed by atoms with Crippen molar-refractivity contribution >= 4 is 58.7 Å². The number of aromatic nitrogens is 1. The first kappa shape index (κ1) is 41.4. The number of hydrogen-bond acceptors (Lipinski definition) is 9. The van der Waals surface area contributed by atoms with Gasteiger partial charge in [-0.25, -0.2) is 14.6 Å².